The molecule has 0 bridgehead atoms. The van der Waals surface area contributed by atoms with Gasteiger partial charge in [-0.1, -0.05) is 19.1 Å². The van der Waals surface area contributed by atoms with Gasteiger partial charge in [-0.25, -0.2) is 0 Å². The van der Waals surface area contributed by atoms with Crippen molar-refractivity contribution in [3.8, 4) is 5.75 Å². The minimum Gasteiger partial charge on any atom is -0.494 e. The monoisotopic (exact) mass is 237 g/mol. The van der Waals surface area contributed by atoms with E-state index in [9.17, 15) is 0 Å². The summed E-state index contributed by atoms with van der Waals surface area (Å²) in [6.45, 7) is 6.64. The van der Waals surface area contributed by atoms with Gasteiger partial charge in [-0.05, 0) is 31.0 Å². The molecule has 1 rings (SSSR count). The molecule has 0 aromatic heterocycles. The van der Waals surface area contributed by atoms with Crippen molar-refractivity contribution in [3.63, 3.8) is 0 Å². The first kappa shape index (κ1) is 14.0. The maximum Gasteiger partial charge on any atom is 0.119 e. The predicted molar refractivity (Wildman–Crippen MR) is 70.4 cm³/mol. The highest BCUT2D eigenvalue weighted by Crippen LogP contribution is 2.13. The Kier molecular flexibility index (Phi) is 6.67. The Labute approximate surface area is 104 Å². The number of benzene rings is 1. The summed E-state index contributed by atoms with van der Waals surface area (Å²) in [7, 11) is 1.73. The lowest BCUT2D eigenvalue weighted by molar-refractivity contribution is 0.117. The highest BCUT2D eigenvalue weighted by Gasteiger charge is 2.00. The van der Waals surface area contributed by atoms with Gasteiger partial charge in [0.2, 0.25) is 0 Å². The second-order valence-electron chi connectivity index (χ2n) is 4.17. The zero-order valence-corrected chi connectivity index (χ0v) is 11.0. The quantitative estimate of drug-likeness (QED) is 0.754. The van der Waals surface area contributed by atoms with E-state index in [-0.39, 0.29) is 6.10 Å². The van der Waals surface area contributed by atoms with Crippen molar-refractivity contribution in [3.05, 3.63) is 29.8 Å². The number of ether oxygens (including phenoxy) is 2. The SMILES string of the molecule is CCCOc1cccc(CNCC(C)OC)c1. The molecule has 0 aliphatic heterocycles. The van der Waals surface area contributed by atoms with Gasteiger partial charge in [-0.2, -0.15) is 0 Å². The molecular weight excluding hydrogens is 214 g/mol. The number of hydrogen-bond donors (Lipinski definition) is 1. The maximum absolute atomic E-state index is 5.59. The normalized spacial score (nSPS) is 12.4. The van der Waals surface area contributed by atoms with E-state index in [4.69, 9.17) is 9.47 Å². The van der Waals surface area contributed by atoms with Gasteiger partial charge in [0.25, 0.3) is 0 Å². The van der Waals surface area contributed by atoms with Crippen LogP contribution in [0.15, 0.2) is 24.3 Å². The molecule has 0 radical (unpaired) electrons. The minimum absolute atomic E-state index is 0.245. The summed E-state index contributed by atoms with van der Waals surface area (Å²) in [6.07, 6.45) is 1.28. The highest BCUT2D eigenvalue weighted by molar-refractivity contribution is 5.28. The molecule has 1 atom stereocenters. The second kappa shape index (κ2) is 8.09. The standard InChI is InChI=1S/C14H23NO2/c1-4-8-17-14-7-5-6-13(9-14)11-15-10-12(2)16-3/h5-7,9,12,15H,4,8,10-11H2,1-3H3. The van der Waals surface area contributed by atoms with Crippen LogP contribution < -0.4 is 10.1 Å². The first-order valence-electron chi connectivity index (χ1n) is 6.21. The fraction of sp³-hybridized carbons (Fsp3) is 0.571. The molecule has 17 heavy (non-hydrogen) atoms. The summed E-state index contributed by atoms with van der Waals surface area (Å²) in [5.41, 5.74) is 1.24. The number of rotatable bonds is 8. The predicted octanol–water partition coefficient (Wildman–Crippen LogP) is 2.60. The number of nitrogens with one attached hydrogen (secondary N) is 1. The Balaban J connectivity index is 2.37. The van der Waals surface area contributed by atoms with Crippen LogP contribution in [0, 0.1) is 0 Å². The molecule has 0 spiro atoms. The van der Waals surface area contributed by atoms with Gasteiger partial charge in [0.1, 0.15) is 5.75 Å². The van der Waals surface area contributed by atoms with Crippen LogP contribution >= 0.6 is 0 Å². The van der Waals surface area contributed by atoms with E-state index in [0.29, 0.717) is 0 Å². The molecule has 0 amide bonds. The molecule has 3 nitrogen and oxygen atoms in total. The third-order valence-electron chi connectivity index (χ3n) is 2.53. The minimum atomic E-state index is 0.245. The summed E-state index contributed by atoms with van der Waals surface area (Å²) in [5, 5.41) is 3.36. The largest absolute Gasteiger partial charge is 0.494 e. The fourth-order valence-electron chi connectivity index (χ4n) is 1.47. The van der Waals surface area contributed by atoms with E-state index >= 15 is 0 Å². The molecule has 1 unspecified atom stereocenters. The van der Waals surface area contributed by atoms with Crippen molar-refractivity contribution < 1.29 is 9.47 Å². The fourth-order valence-corrected chi connectivity index (χ4v) is 1.47. The van der Waals surface area contributed by atoms with Crippen LogP contribution in [0.2, 0.25) is 0 Å². The lowest BCUT2D eigenvalue weighted by atomic mass is 10.2. The summed E-state index contributed by atoms with van der Waals surface area (Å²) >= 11 is 0. The van der Waals surface area contributed by atoms with Crippen molar-refractivity contribution in [2.45, 2.75) is 32.9 Å². The average molecular weight is 237 g/mol. The Morgan fingerprint density at radius 2 is 2.18 bits per heavy atom. The van der Waals surface area contributed by atoms with Gasteiger partial charge in [0.15, 0.2) is 0 Å². The molecule has 1 aromatic carbocycles. The van der Waals surface area contributed by atoms with Gasteiger partial charge in [-0.3, -0.25) is 0 Å². The maximum atomic E-state index is 5.59. The third-order valence-corrected chi connectivity index (χ3v) is 2.53. The van der Waals surface area contributed by atoms with E-state index in [1.807, 2.05) is 19.1 Å². The van der Waals surface area contributed by atoms with Crippen LogP contribution in [0.5, 0.6) is 5.75 Å². The van der Waals surface area contributed by atoms with Crippen LogP contribution in [0.1, 0.15) is 25.8 Å². The first-order valence-corrected chi connectivity index (χ1v) is 6.21. The molecule has 0 fully saturated rings. The second-order valence-corrected chi connectivity index (χ2v) is 4.17. The van der Waals surface area contributed by atoms with Crippen molar-refractivity contribution in [1.82, 2.24) is 5.32 Å². The van der Waals surface area contributed by atoms with E-state index in [2.05, 4.69) is 24.4 Å². The van der Waals surface area contributed by atoms with Crippen LogP contribution in [0.3, 0.4) is 0 Å². The summed E-state index contributed by atoms with van der Waals surface area (Å²) in [6, 6.07) is 8.21. The third kappa shape index (κ3) is 5.71. The van der Waals surface area contributed by atoms with E-state index in [0.717, 1.165) is 31.9 Å². The van der Waals surface area contributed by atoms with E-state index in [1.54, 1.807) is 7.11 Å². The molecule has 0 saturated heterocycles. The van der Waals surface area contributed by atoms with E-state index in [1.165, 1.54) is 5.56 Å². The molecule has 3 heteroatoms. The van der Waals surface area contributed by atoms with Crippen LogP contribution in [-0.4, -0.2) is 26.4 Å². The average Bonchev–Trinajstić information content (AvgIpc) is 2.36. The van der Waals surface area contributed by atoms with Gasteiger partial charge in [0.05, 0.1) is 12.7 Å². The molecule has 0 aliphatic rings. The van der Waals surface area contributed by atoms with Crippen LogP contribution in [-0.2, 0) is 11.3 Å². The zero-order chi connectivity index (χ0) is 12.5. The van der Waals surface area contributed by atoms with E-state index < -0.39 is 0 Å². The van der Waals surface area contributed by atoms with Gasteiger partial charge in [-0.15, -0.1) is 0 Å². The van der Waals surface area contributed by atoms with Crippen molar-refractivity contribution in [1.29, 1.82) is 0 Å². The number of hydrogen-bond acceptors (Lipinski definition) is 3. The summed E-state index contributed by atoms with van der Waals surface area (Å²) in [5.74, 6) is 0.950. The highest BCUT2D eigenvalue weighted by atomic mass is 16.5. The lowest BCUT2D eigenvalue weighted by Crippen LogP contribution is -2.25. The van der Waals surface area contributed by atoms with Gasteiger partial charge in [0, 0.05) is 20.2 Å². The zero-order valence-electron chi connectivity index (χ0n) is 11.0. The summed E-state index contributed by atoms with van der Waals surface area (Å²) < 4.78 is 10.8. The lowest BCUT2D eigenvalue weighted by Gasteiger charge is -2.11. The Morgan fingerprint density at radius 1 is 1.35 bits per heavy atom. The molecular formula is C14H23NO2. The Morgan fingerprint density at radius 3 is 2.88 bits per heavy atom. The molecule has 0 heterocycles. The van der Waals surface area contributed by atoms with Crippen molar-refractivity contribution in [2.75, 3.05) is 20.3 Å². The smallest absolute Gasteiger partial charge is 0.119 e. The number of methoxy groups -OCH3 is 1. The Hall–Kier alpha value is -1.06. The topological polar surface area (TPSA) is 30.5 Å². The molecule has 0 aliphatic carbocycles. The molecule has 1 N–H and O–H groups in total. The molecule has 0 saturated carbocycles. The molecule has 96 valence electrons. The Bertz CT molecular complexity index is 315. The van der Waals surface area contributed by atoms with Crippen molar-refractivity contribution in [2.24, 2.45) is 0 Å². The first-order chi connectivity index (χ1) is 8.26. The summed E-state index contributed by atoms with van der Waals surface area (Å²) in [4.78, 5) is 0. The van der Waals surface area contributed by atoms with Crippen LogP contribution in [0.4, 0.5) is 0 Å². The van der Waals surface area contributed by atoms with Gasteiger partial charge >= 0.3 is 0 Å². The molecule has 1 aromatic rings. The van der Waals surface area contributed by atoms with Crippen LogP contribution in [0.25, 0.3) is 0 Å². The van der Waals surface area contributed by atoms with Crippen molar-refractivity contribution >= 4 is 0 Å². The van der Waals surface area contributed by atoms with Gasteiger partial charge < -0.3 is 14.8 Å².